The number of oxazole rings is 1. The molecule has 29 heavy (non-hydrogen) atoms. The number of hydrogen-bond donors (Lipinski definition) is 2. The highest BCUT2D eigenvalue weighted by Crippen LogP contribution is 2.32. The SMILES string of the molecule is CC(C)c1ocnc1C(=O)Nc1ccc(Nc2ccc(F)cc2)c2ccncc12. The first kappa shape index (κ1) is 18.6. The van der Waals surface area contributed by atoms with E-state index in [-0.39, 0.29) is 23.3 Å². The summed E-state index contributed by atoms with van der Waals surface area (Å²) in [6, 6.07) is 11.6. The van der Waals surface area contributed by atoms with E-state index >= 15 is 0 Å². The second-order valence-electron chi connectivity index (χ2n) is 6.89. The number of hydrogen-bond acceptors (Lipinski definition) is 5. The fourth-order valence-corrected chi connectivity index (χ4v) is 3.11. The summed E-state index contributed by atoms with van der Waals surface area (Å²) in [5.74, 6) is -0.0541. The van der Waals surface area contributed by atoms with E-state index in [2.05, 4.69) is 20.6 Å². The normalized spacial score (nSPS) is 11.0. The van der Waals surface area contributed by atoms with Gasteiger partial charge in [0.25, 0.3) is 5.91 Å². The molecule has 2 aromatic heterocycles. The maximum absolute atomic E-state index is 13.2. The Labute approximate surface area is 166 Å². The average Bonchev–Trinajstić information content (AvgIpc) is 3.22. The Kier molecular flexibility index (Phi) is 4.95. The van der Waals surface area contributed by atoms with Gasteiger partial charge in [-0.05, 0) is 42.5 Å². The first-order valence-electron chi connectivity index (χ1n) is 9.17. The van der Waals surface area contributed by atoms with Crippen molar-refractivity contribution < 1.29 is 13.6 Å². The van der Waals surface area contributed by atoms with Crippen molar-refractivity contribution in [1.82, 2.24) is 9.97 Å². The van der Waals surface area contributed by atoms with E-state index in [0.29, 0.717) is 11.4 Å². The van der Waals surface area contributed by atoms with Crippen LogP contribution in [0.4, 0.5) is 21.5 Å². The zero-order chi connectivity index (χ0) is 20.4. The van der Waals surface area contributed by atoms with Crippen LogP contribution < -0.4 is 10.6 Å². The molecule has 0 atom stereocenters. The summed E-state index contributed by atoms with van der Waals surface area (Å²) >= 11 is 0. The van der Waals surface area contributed by atoms with Gasteiger partial charge in [0.15, 0.2) is 12.1 Å². The summed E-state index contributed by atoms with van der Waals surface area (Å²) in [6.45, 7) is 3.87. The smallest absolute Gasteiger partial charge is 0.277 e. The number of pyridine rings is 1. The molecule has 0 saturated heterocycles. The average molecular weight is 390 g/mol. The van der Waals surface area contributed by atoms with Crippen molar-refractivity contribution in [1.29, 1.82) is 0 Å². The van der Waals surface area contributed by atoms with Crippen molar-refractivity contribution in [3.63, 3.8) is 0 Å². The molecule has 4 rings (SSSR count). The molecule has 0 aliphatic rings. The van der Waals surface area contributed by atoms with Crippen molar-refractivity contribution in [2.45, 2.75) is 19.8 Å². The van der Waals surface area contributed by atoms with Crippen LogP contribution in [0.3, 0.4) is 0 Å². The Bertz CT molecular complexity index is 1170. The fourth-order valence-electron chi connectivity index (χ4n) is 3.11. The van der Waals surface area contributed by atoms with Gasteiger partial charge in [0.2, 0.25) is 0 Å². The molecule has 2 heterocycles. The summed E-state index contributed by atoms with van der Waals surface area (Å²) in [6.07, 6.45) is 4.64. The number of carbonyl (C=O) groups is 1. The van der Waals surface area contributed by atoms with E-state index in [1.807, 2.05) is 26.0 Å². The van der Waals surface area contributed by atoms with Gasteiger partial charge in [-0.3, -0.25) is 9.78 Å². The fraction of sp³-hybridized carbons (Fsp3) is 0.136. The lowest BCUT2D eigenvalue weighted by molar-refractivity contribution is 0.102. The van der Waals surface area contributed by atoms with Crippen molar-refractivity contribution in [3.8, 4) is 0 Å². The van der Waals surface area contributed by atoms with Gasteiger partial charge in [0.1, 0.15) is 11.6 Å². The lowest BCUT2D eigenvalue weighted by Crippen LogP contribution is -2.15. The van der Waals surface area contributed by atoms with Crippen LogP contribution >= 0.6 is 0 Å². The first-order chi connectivity index (χ1) is 14.0. The number of amides is 1. The Hall–Kier alpha value is -3.74. The molecule has 0 unspecified atom stereocenters. The second kappa shape index (κ2) is 7.71. The van der Waals surface area contributed by atoms with Crippen LogP contribution in [0, 0.1) is 5.82 Å². The molecule has 0 radical (unpaired) electrons. The summed E-state index contributed by atoms with van der Waals surface area (Å²) < 4.78 is 18.5. The molecular weight excluding hydrogens is 371 g/mol. The van der Waals surface area contributed by atoms with Crippen molar-refractivity contribution >= 4 is 33.7 Å². The highest BCUT2D eigenvalue weighted by molar-refractivity contribution is 6.11. The highest BCUT2D eigenvalue weighted by Gasteiger charge is 2.20. The Balaban J connectivity index is 1.67. The number of nitrogens with zero attached hydrogens (tertiary/aromatic N) is 2. The maximum Gasteiger partial charge on any atom is 0.277 e. The van der Waals surface area contributed by atoms with Crippen molar-refractivity contribution in [2.75, 3.05) is 10.6 Å². The molecule has 2 aromatic carbocycles. The molecular formula is C22H19FN4O2. The van der Waals surface area contributed by atoms with Crippen LogP contribution in [0.5, 0.6) is 0 Å². The number of rotatable bonds is 5. The predicted octanol–water partition coefficient (Wildman–Crippen LogP) is 5.48. The van der Waals surface area contributed by atoms with Crippen LogP contribution in [0.25, 0.3) is 10.8 Å². The van der Waals surface area contributed by atoms with Crippen LogP contribution in [-0.2, 0) is 0 Å². The standard InChI is InChI=1S/C22H19FN4O2/c1-13(2)21-20(25-12-29-21)22(28)27-19-8-7-18(16-9-10-24-11-17(16)19)26-15-5-3-14(23)4-6-15/h3-13,26H,1-2H3,(H,27,28). The molecule has 1 amide bonds. The third-order valence-electron chi connectivity index (χ3n) is 4.52. The largest absolute Gasteiger partial charge is 0.447 e. The molecule has 0 saturated carbocycles. The van der Waals surface area contributed by atoms with Crippen LogP contribution in [-0.4, -0.2) is 15.9 Å². The molecule has 7 heteroatoms. The molecule has 0 spiro atoms. The molecule has 4 aromatic rings. The third-order valence-corrected chi connectivity index (χ3v) is 4.52. The third kappa shape index (κ3) is 3.80. The van der Waals surface area contributed by atoms with E-state index in [4.69, 9.17) is 4.42 Å². The lowest BCUT2D eigenvalue weighted by atomic mass is 10.1. The number of nitrogens with one attached hydrogen (secondary N) is 2. The van der Waals surface area contributed by atoms with E-state index in [9.17, 15) is 9.18 Å². The van der Waals surface area contributed by atoms with E-state index in [1.165, 1.54) is 18.5 Å². The molecule has 6 nitrogen and oxygen atoms in total. The van der Waals surface area contributed by atoms with E-state index < -0.39 is 0 Å². The summed E-state index contributed by atoms with van der Waals surface area (Å²) in [4.78, 5) is 21.0. The van der Waals surface area contributed by atoms with E-state index in [0.717, 1.165) is 22.1 Å². The van der Waals surface area contributed by atoms with Gasteiger partial charge in [0, 0.05) is 40.5 Å². The highest BCUT2D eigenvalue weighted by atomic mass is 19.1. The number of anilines is 3. The molecule has 0 aliphatic carbocycles. The minimum atomic E-state index is -0.341. The summed E-state index contributed by atoms with van der Waals surface area (Å²) in [7, 11) is 0. The van der Waals surface area contributed by atoms with Gasteiger partial charge in [-0.15, -0.1) is 0 Å². The van der Waals surface area contributed by atoms with Gasteiger partial charge in [-0.2, -0.15) is 0 Å². The van der Waals surface area contributed by atoms with Crippen molar-refractivity contribution in [2.24, 2.45) is 0 Å². The summed E-state index contributed by atoms with van der Waals surface area (Å²) in [5.41, 5.74) is 2.45. The number of fused-ring (bicyclic) bond motifs is 1. The van der Waals surface area contributed by atoms with Crippen LogP contribution in [0.15, 0.2) is 65.7 Å². The predicted molar refractivity (Wildman–Crippen MR) is 110 cm³/mol. The number of halogens is 1. The lowest BCUT2D eigenvalue weighted by Gasteiger charge is -2.14. The Morgan fingerprint density at radius 2 is 1.79 bits per heavy atom. The first-order valence-corrected chi connectivity index (χ1v) is 9.17. The van der Waals surface area contributed by atoms with Gasteiger partial charge in [-0.1, -0.05) is 13.8 Å². The Morgan fingerprint density at radius 1 is 1.03 bits per heavy atom. The van der Waals surface area contributed by atoms with Crippen LogP contribution in [0.1, 0.15) is 36.0 Å². The topological polar surface area (TPSA) is 80.0 Å². The monoisotopic (exact) mass is 390 g/mol. The van der Waals surface area contributed by atoms with Crippen molar-refractivity contribution in [3.05, 3.63) is 78.5 Å². The van der Waals surface area contributed by atoms with Gasteiger partial charge in [-0.25, -0.2) is 9.37 Å². The maximum atomic E-state index is 13.2. The van der Waals surface area contributed by atoms with Crippen LogP contribution in [0.2, 0.25) is 0 Å². The molecule has 0 bridgehead atoms. The zero-order valence-corrected chi connectivity index (χ0v) is 15.9. The van der Waals surface area contributed by atoms with Gasteiger partial charge >= 0.3 is 0 Å². The van der Waals surface area contributed by atoms with Gasteiger partial charge in [0.05, 0.1) is 5.69 Å². The van der Waals surface area contributed by atoms with Gasteiger partial charge < -0.3 is 15.1 Å². The quantitative estimate of drug-likeness (QED) is 0.472. The van der Waals surface area contributed by atoms with E-state index in [1.54, 1.807) is 30.6 Å². The zero-order valence-electron chi connectivity index (χ0n) is 15.9. The summed E-state index contributed by atoms with van der Waals surface area (Å²) in [5, 5.41) is 7.81. The molecule has 2 N–H and O–H groups in total. The molecule has 0 fully saturated rings. The minimum Gasteiger partial charge on any atom is -0.447 e. The molecule has 146 valence electrons. The number of benzene rings is 2. The number of aromatic nitrogens is 2. The minimum absolute atomic E-state index is 0.0407. The Morgan fingerprint density at radius 3 is 2.55 bits per heavy atom. The second-order valence-corrected chi connectivity index (χ2v) is 6.89. The molecule has 0 aliphatic heterocycles. The number of carbonyl (C=O) groups excluding carboxylic acids is 1.